The lowest BCUT2D eigenvalue weighted by Crippen LogP contribution is -2.50. The average Bonchev–Trinajstić information content (AvgIpc) is 2.78. The number of carbonyl (C=O) groups is 1. The Bertz CT molecular complexity index is 1100. The lowest BCUT2D eigenvalue weighted by Gasteiger charge is -2.34. The van der Waals surface area contributed by atoms with Gasteiger partial charge in [0.15, 0.2) is 0 Å². The zero-order valence-electron chi connectivity index (χ0n) is 16.2. The Kier molecular flexibility index (Phi) is 5.65. The van der Waals surface area contributed by atoms with Crippen molar-refractivity contribution < 1.29 is 13.2 Å². The molecule has 0 bridgehead atoms. The highest BCUT2D eigenvalue weighted by molar-refractivity contribution is 7.89. The Balaban J connectivity index is 1.36. The van der Waals surface area contributed by atoms with Gasteiger partial charge in [0.1, 0.15) is 0 Å². The van der Waals surface area contributed by atoms with Crippen LogP contribution in [0, 0.1) is 0 Å². The van der Waals surface area contributed by atoms with Crippen LogP contribution in [0.4, 0.5) is 0 Å². The number of hydrogen-bond donors (Lipinski definition) is 0. The molecule has 0 spiro atoms. The first-order valence-electron chi connectivity index (χ1n) is 9.85. The highest BCUT2D eigenvalue weighted by atomic mass is 32.2. The Labute approximate surface area is 171 Å². The van der Waals surface area contributed by atoms with E-state index in [-0.39, 0.29) is 5.91 Å². The van der Waals surface area contributed by atoms with Crippen LogP contribution in [-0.2, 0) is 21.2 Å². The quantitative estimate of drug-likeness (QED) is 0.651. The number of carbonyl (C=O) groups excluding carboxylic acids is 1. The molecule has 1 amide bonds. The Morgan fingerprint density at radius 1 is 0.793 bits per heavy atom. The number of piperazine rings is 1. The van der Waals surface area contributed by atoms with Crippen molar-refractivity contribution in [3.8, 4) is 0 Å². The summed E-state index contributed by atoms with van der Waals surface area (Å²) in [6, 6.07) is 22.8. The molecule has 0 radical (unpaired) electrons. The molecular weight excluding hydrogens is 384 g/mol. The first kappa shape index (κ1) is 19.6. The molecule has 29 heavy (non-hydrogen) atoms. The fraction of sp³-hybridized carbons (Fsp3) is 0.261. The maximum atomic E-state index is 12.7. The van der Waals surface area contributed by atoms with Crippen molar-refractivity contribution in [1.29, 1.82) is 0 Å². The zero-order chi connectivity index (χ0) is 20.3. The summed E-state index contributed by atoms with van der Waals surface area (Å²) in [5, 5.41) is 2.36. The Morgan fingerprint density at radius 2 is 1.45 bits per heavy atom. The molecule has 1 aliphatic rings. The molecule has 0 atom stereocenters. The molecule has 3 aromatic rings. The van der Waals surface area contributed by atoms with E-state index >= 15 is 0 Å². The van der Waals surface area contributed by atoms with Gasteiger partial charge < -0.3 is 4.90 Å². The number of amides is 1. The molecule has 5 nitrogen and oxygen atoms in total. The standard InChI is InChI=1S/C23H24N2O3S/c26-23(14-13-20-9-6-8-19-7-4-5-12-22(19)20)24-15-17-25(18-16-24)29(27,28)21-10-2-1-3-11-21/h1-12H,13-18H2. The minimum absolute atomic E-state index is 0.0784. The summed E-state index contributed by atoms with van der Waals surface area (Å²) < 4.78 is 26.9. The second-order valence-corrected chi connectivity index (χ2v) is 9.17. The third kappa shape index (κ3) is 4.18. The van der Waals surface area contributed by atoms with Crippen molar-refractivity contribution in [2.45, 2.75) is 17.7 Å². The molecule has 0 N–H and O–H groups in total. The van der Waals surface area contributed by atoms with Gasteiger partial charge >= 0.3 is 0 Å². The van der Waals surface area contributed by atoms with Gasteiger partial charge in [0, 0.05) is 32.6 Å². The third-order valence-electron chi connectivity index (χ3n) is 5.46. The first-order chi connectivity index (χ1) is 14.1. The third-order valence-corrected chi connectivity index (χ3v) is 7.37. The molecule has 3 aromatic carbocycles. The molecule has 150 valence electrons. The highest BCUT2D eigenvalue weighted by Crippen LogP contribution is 2.21. The maximum Gasteiger partial charge on any atom is 0.243 e. The molecule has 0 aromatic heterocycles. The molecule has 0 aliphatic carbocycles. The lowest BCUT2D eigenvalue weighted by molar-refractivity contribution is -0.132. The summed E-state index contributed by atoms with van der Waals surface area (Å²) in [4.78, 5) is 14.8. The number of aryl methyl sites for hydroxylation is 1. The van der Waals surface area contributed by atoms with Crippen molar-refractivity contribution in [1.82, 2.24) is 9.21 Å². The summed E-state index contributed by atoms with van der Waals surface area (Å²) >= 11 is 0. The number of hydrogen-bond acceptors (Lipinski definition) is 3. The van der Waals surface area contributed by atoms with Gasteiger partial charge in [-0.2, -0.15) is 4.31 Å². The van der Waals surface area contributed by atoms with Crippen molar-refractivity contribution in [2.24, 2.45) is 0 Å². The summed E-state index contributed by atoms with van der Waals surface area (Å²) in [5.74, 6) is 0.0784. The van der Waals surface area contributed by atoms with Crippen molar-refractivity contribution >= 4 is 26.7 Å². The largest absolute Gasteiger partial charge is 0.340 e. The van der Waals surface area contributed by atoms with E-state index in [9.17, 15) is 13.2 Å². The SMILES string of the molecule is O=C(CCc1cccc2ccccc12)N1CCN(S(=O)(=O)c2ccccc2)CC1. The van der Waals surface area contributed by atoms with Gasteiger partial charge in [0.05, 0.1) is 4.90 Å². The zero-order valence-corrected chi connectivity index (χ0v) is 17.0. The molecular formula is C23H24N2O3S. The van der Waals surface area contributed by atoms with Gasteiger partial charge in [-0.25, -0.2) is 8.42 Å². The van der Waals surface area contributed by atoms with Crippen LogP contribution < -0.4 is 0 Å². The van der Waals surface area contributed by atoms with Crippen LogP contribution in [0.2, 0.25) is 0 Å². The van der Waals surface area contributed by atoms with Crippen LogP contribution >= 0.6 is 0 Å². The Hall–Kier alpha value is -2.70. The average molecular weight is 409 g/mol. The van der Waals surface area contributed by atoms with Crippen molar-refractivity contribution in [3.63, 3.8) is 0 Å². The van der Waals surface area contributed by atoms with Gasteiger partial charge in [-0.3, -0.25) is 4.79 Å². The van der Waals surface area contributed by atoms with Gasteiger partial charge in [-0.1, -0.05) is 60.7 Å². The predicted octanol–water partition coefficient (Wildman–Crippen LogP) is 3.31. The van der Waals surface area contributed by atoms with Gasteiger partial charge in [0.25, 0.3) is 0 Å². The van der Waals surface area contributed by atoms with E-state index in [0.717, 1.165) is 0 Å². The number of fused-ring (bicyclic) bond motifs is 1. The topological polar surface area (TPSA) is 57.7 Å². The van der Waals surface area contributed by atoms with E-state index in [1.807, 2.05) is 18.2 Å². The summed E-state index contributed by atoms with van der Waals surface area (Å²) in [7, 11) is -3.50. The van der Waals surface area contributed by atoms with Crippen molar-refractivity contribution in [2.75, 3.05) is 26.2 Å². The minimum Gasteiger partial charge on any atom is -0.340 e. The fourth-order valence-electron chi connectivity index (χ4n) is 3.83. The molecule has 1 aliphatic heterocycles. The summed E-state index contributed by atoms with van der Waals surface area (Å²) in [6.45, 7) is 1.52. The van der Waals surface area contributed by atoms with Gasteiger partial charge in [0.2, 0.25) is 15.9 Å². The second kappa shape index (κ2) is 8.35. The van der Waals surface area contributed by atoms with E-state index in [0.29, 0.717) is 43.9 Å². The summed E-state index contributed by atoms with van der Waals surface area (Å²) in [5.41, 5.74) is 1.17. The first-order valence-corrected chi connectivity index (χ1v) is 11.3. The van der Waals surface area contributed by atoms with Gasteiger partial charge in [-0.15, -0.1) is 0 Å². The van der Waals surface area contributed by atoms with Crippen LogP contribution in [0.5, 0.6) is 0 Å². The lowest BCUT2D eigenvalue weighted by atomic mass is 10.0. The number of rotatable bonds is 5. The fourth-order valence-corrected chi connectivity index (χ4v) is 5.27. The molecule has 0 unspecified atom stereocenters. The smallest absolute Gasteiger partial charge is 0.243 e. The monoisotopic (exact) mass is 408 g/mol. The molecule has 1 saturated heterocycles. The van der Waals surface area contributed by atoms with Crippen LogP contribution in [0.1, 0.15) is 12.0 Å². The predicted molar refractivity (Wildman–Crippen MR) is 114 cm³/mol. The molecule has 1 fully saturated rings. The van der Waals surface area contributed by atoms with Crippen LogP contribution in [0.15, 0.2) is 77.7 Å². The molecule has 1 heterocycles. The molecule has 4 rings (SSSR count). The van der Waals surface area contributed by atoms with E-state index in [4.69, 9.17) is 0 Å². The van der Waals surface area contributed by atoms with Crippen molar-refractivity contribution in [3.05, 3.63) is 78.4 Å². The highest BCUT2D eigenvalue weighted by Gasteiger charge is 2.29. The second-order valence-electron chi connectivity index (χ2n) is 7.24. The van der Waals surface area contributed by atoms with Crippen LogP contribution in [-0.4, -0.2) is 49.7 Å². The Morgan fingerprint density at radius 3 is 2.21 bits per heavy atom. The maximum absolute atomic E-state index is 12.7. The normalized spacial score (nSPS) is 15.5. The van der Waals surface area contributed by atoms with Gasteiger partial charge in [-0.05, 0) is 34.9 Å². The van der Waals surface area contributed by atoms with E-state index in [1.54, 1.807) is 35.2 Å². The molecule has 0 saturated carbocycles. The molecule has 6 heteroatoms. The van der Waals surface area contributed by atoms with E-state index < -0.39 is 10.0 Å². The minimum atomic E-state index is -3.50. The van der Waals surface area contributed by atoms with Crippen LogP contribution in [0.3, 0.4) is 0 Å². The number of benzene rings is 3. The van der Waals surface area contributed by atoms with E-state index in [2.05, 4.69) is 24.3 Å². The summed E-state index contributed by atoms with van der Waals surface area (Å²) in [6.07, 6.45) is 1.11. The van der Waals surface area contributed by atoms with E-state index in [1.165, 1.54) is 20.6 Å². The number of sulfonamides is 1. The number of nitrogens with zero attached hydrogens (tertiary/aromatic N) is 2. The van der Waals surface area contributed by atoms with Crippen LogP contribution in [0.25, 0.3) is 10.8 Å².